The smallest absolute Gasteiger partial charge is 0.159 e. The number of ether oxygens (including phenoxy) is 1. The van der Waals surface area contributed by atoms with Crippen molar-refractivity contribution in [1.29, 1.82) is 0 Å². The van der Waals surface area contributed by atoms with Gasteiger partial charge in [-0.25, -0.2) is 0 Å². The van der Waals surface area contributed by atoms with Crippen LogP contribution in [0.4, 0.5) is 0 Å². The molecule has 0 aromatic heterocycles. The first-order valence-electron chi connectivity index (χ1n) is 5.17. The predicted octanol–water partition coefficient (Wildman–Crippen LogP) is -0.464. The molecule has 5 nitrogen and oxygen atoms in total. The van der Waals surface area contributed by atoms with E-state index in [4.69, 9.17) is 9.84 Å². The molecule has 0 amide bonds. The second kappa shape index (κ2) is 4.69. The number of nitrogens with zero attached hydrogens (tertiary/aromatic N) is 1. The fraction of sp³-hybridized carbons (Fsp3) is 0.889. The number of aliphatic hydroxyl groups is 2. The molecule has 1 saturated heterocycles. The van der Waals surface area contributed by atoms with Gasteiger partial charge in [-0.3, -0.25) is 4.99 Å². The van der Waals surface area contributed by atoms with Crippen molar-refractivity contribution < 1.29 is 14.9 Å². The van der Waals surface area contributed by atoms with Crippen molar-refractivity contribution in [2.75, 3.05) is 13.2 Å². The number of thioether (sulfide) groups is 1. The lowest BCUT2D eigenvalue weighted by atomic mass is 10.0. The van der Waals surface area contributed by atoms with E-state index in [1.165, 1.54) is 11.8 Å². The molecule has 15 heavy (non-hydrogen) atoms. The molecule has 2 aliphatic heterocycles. The summed E-state index contributed by atoms with van der Waals surface area (Å²) in [7, 11) is 0. The number of aliphatic hydroxyl groups excluding tert-OH is 2. The number of hydrogen-bond donors (Lipinski definition) is 3. The SMILES string of the molecule is CCNC1=N[C@@H]2C[C@@H](O)[C@@H](CO)O[C@@H]2S1. The van der Waals surface area contributed by atoms with Crippen LogP contribution in [0.5, 0.6) is 0 Å². The van der Waals surface area contributed by atoms with Crippen molar-refractivity contribution in [3.8, 4) is 0 Å². The van der Waals surface area contributed by atoms with Crippen molar-refractivity contribution in [3.05, 3.63) is 0 Å². The number of hydrogen-bond acceptors (Lipinski definition) is 6. The van der Waals surface area contributed by atoms with Crippen LogP contribution in [-0.2, 0) is 4.74 Å². The molecule has 0 spiro atoms. The quantitative estimate of drug-likeness (QED) is 0.600. The molecule has 3 N–H and O–H groups in total. The lowest BCUT2D eigenvalue weighted by Gasteiger charge is -2.33. The first kappa shape index (κ1) is 11.2. The molecule has 0 radical (unpaired) electrons. The third kappa shape index (κ3) is 2.28. The van der Waals surface area contributed by atoms with Crippen molar-refractivity contribution in [1.82, 2.24) is 5.32 Å². The Morgan fingerprint density at radius 3 is 3.13 bits per heavy atom. The van der Waals surface area contributed by atoms with Crippen LogP contribution in [0.1, 0.15) is 13.3 Å². The van der Waals surface area contributed by atoms with Crippen LogP contribution in [0.2, 0.25) is 0 Å². The van der Waals surface area contributed by atoms with E-state index < -0.39 is 12.2 Å². The van der Waals surface area contributed by atoms with Gasteiger partial charge in [0.1, 0.15) is 11.5 Å². The molecular formula is C9H16N2O3S. The van der Waals surface area contributed by atoms with Gasteiger partial charge < -0.3 is 20.3 Å². The minimum Gasteiger partial charge on any atom is -0.394 e. The molecule has 0 aliphatic carbocycles. The standard InChI is InChI=1S/C9H16N2O3S/c1-2-10-9-11-5-3-6(13)7(4-12)14-8(5)15-9/h5-8,12-13H,2-4H2,1H3,(H,10,11)/t5-,6-,7-,8-/m1/s1. The number of rotatable bonds is 2. The average Bonchev–Trinajstić information content (AvgIpc) is 2.58. The normalized spacial score (nSPS) is 39.8. The van der Waals surface area contributed by atoms with Gasteiger partial charge in [-0.2, -0.15) is 0 Å². The van der Waals surface area contributed by atoms with E-state index in [-0.39, 0.29) is 18.1 Å². The highest BCUT2D eigenvalue weighted by molar-refractivity contribution is 8.14. The van der Waals surface area contributed by atoms with E-state index in [0.717, 1.165) is 11.7 Å². The predicted molar refractivity (Wildman–Crippen MR) is 58.9 cm³/mol. The van der Waals surface area contributed by atoms with Crippen molar-refractivity contribution in [2.24, 2.45) is 4.99 Å². The Morgan fingerprint density at radius 1 is 1.67 bits per heavy atom. The molecule has 4 atom stereocenters. The lowest BCUT2D eigenvalue weighted by molar-refractivity contribution is -0.111. The van der Waals surface area contributed by atoms with Gasteiger partial charge in [0.15, 0.2) is 5.17 Å². The Hall–Kier alpha value is -0.300. The maximum Gasteiger partial charge on any atom is 0.159 e. The lowest BCUT2D eigenvalue weighted by Crippen LogP contribution is -2.45. The molecule has 0 saturated carbocycles. The Balaban J connectivity index is 1.97. The summed E-state index contributed by atoms with van der Waals surface area (Å²) < 4.78 is 5.56. The van der Waals surface area contributed by atoms with Crippen LogP contribution in [0, 0.1) is 0 Å². The second-order valence-electron chi connectivity index (χ2n) is 3.68. The van der Waals surface area contributed by atoms with Crippen molar-refractivity contribution >= 4 is 16.9 Å². The molecule has 86 valence electrons. The summed E-state index contributed by atoms with van der Waals surface area (Å²) in [6.45, 7) is 2.70. The Bertz CT molecular complexity index is 262. The van der Waals surface area contributed by atoms with Crippen LogP contribution in [-0.4, -0.2) is 52.2 Å². The van der Waals surface area contributed by atoms with E-state index in [0.29, 0.717) is 6.42 Å². The summed E-state index contributed by atoms with van der Waals surface area (Å²) >= 11 is 1.53. The van der Waals surface area contributed by atoms with Gasteiger partial charge in [-0.1, -0.05) is 11.8 Å². The minimum atomic E-state index is -0.610. The van der Waals surface area contributed by atoms with Gasteiger partial charge in [-0.05, 0) is 6.92 Å². The third-order valence-electron chi connectivity index (χ3n) is 2.55. The summed E-state index contributed by atoms with van der Waals surface area (Å²) in [5.74, 6) is 0. The van der Waals surface area contributed by atoms with Crippen LogP contribution in [0.25, 0.3) is 0 Å². The van der Waals surface area contributed by atoms with E-state index in [1.807, 2.05) is 6.92 Å². The fourth-order valence-corrected chi connectivity index (χ4v) is 2.95. The number of amidine groups is 1. The van der Waals surface area contributed by atoms with Gasteiger partial charge in [0.2, 0.25) is 0 Å². The highest BCUT2D eigenvalue weighted by Gasteiger charge is 2.41. The summed E-state index contributed by atoms with van der Waals surface area (Å²) in [4.78, 5) is 4.42. The summed E-state index contributed by atoms with van der Waals surface area (Å²) in [6, 6.07) is 0.0156. The van der Waals surface area contributed by atoms with Crippen LogP contribution >= 0.6 is 11.8 Å². The Morgan fingerprint density at radius 2 is 2.47 bits per heavy atom. The number of nitrogens with one attached hydrogen (secondary N) is 1. The molecule has 0 aromatic rings. The zero-order valence-electron chi connectivity index (χ0n) is 8.59. The Labute approximate surface area is 92.9 Å². The number of aliphatic imine (C=N–C) groups is 1. The first-order valence-corrected chi connectivity index (χ1v) is 6.05. The monoisotopic (exact) mass is 232 g/mol. The maximum absolute atomic E-state index is 9.65. The molecule has 2 aliphatic rings. The molecule has 0 bridgehead atoms. The topological polar surface area (TPSA) is 74.1 Å². The highest BCUT2D eigenvalue weighted by atomic mass is 32.2. The van der Waals surface area contributed by atoms with Crippen molar-refractivity contribution in [3.63, 3.8) is 0 Å². The molecular weight excluding hydrogens is 216 g/mol. The van der Waals surface area contributed by atoms with Gasteiger partial charge in [0, 0.05) is 13.0 Å². The van der Waals surface area contributed by atoms with E-state index >= 15 is 0 Å². The first-order chi connectivity index (χ1) is 7.24. The van der Waals surface area contributed by atoms with E-state index in [2.05, 4.69) is 10.3 Å². The van der Waals surface area contributed by atoms with Crippen LogP contribution in [0.3, 0.4) is 0 Å². The van der Waals surface area contributed by atoms with Crippen molar-refractivity contribution in [2.45, 2.75) is 37.0 Å². The largest absolute Gasteiger partial charge is 0.394 e. The molecule has 1 fully saturated rings. The zero-order chi connectivity index (χ0) is 10.8. The number of fused-ring (bicyclic) bond motifs is 1. The summed E-state index contributed by atoms with van der Waals surface area (Å²) in [6.07, 6.45) is -0.505. The maximum atomic E-state index is 9.65. The summed E-state index contributed by atoms with van der Waals surface area (Å²) in [5.41, 5.74) is -0.0559. The molecule has 6 heteroatoms. The fourth-order valence-electron chi connectivity index (χ4n) is 1.78. The Kier molecular flexibility index (Phi) is 3.50. The van der Waals surface area contributed by atoms with Gasteiger partial charge >= 0.3 is 0 Å². The van der Waals surface area contributed by atoms with Crippen LogP contribution < -0.4 is 5.32 Å². The molecule has 2 rings (SSSR count). The van der Waals surface area contributed by atoms with Crippen LogP contribution in [0.15, 0.2) is 4.99 Å². The summed E-state index contributed by atoms with van der Waals surface area (Å²) in [5, 5.41) is 22.7. The zero-order valence-corrected chi connectivity index (χ0v) is 9.41. The van der Waals surface area contributed by atoms with Gasteiger partial charge in [0.25, 0.3) is 0 Å². The molecule has 0 aromatic carbocycles. The highest BCUT2D eigenvalue weighted by Crippen LogP contribution is 2.35. The van der Waals surface area contributed by atoms with Gasteiger partial charge in [0.05, 0.1) is 18.8 Å². The minimum absolute atomic E-state index is 0.0156. The third-order valence-corrected chi connectivity index (χ3v) is 3.68. The second-order valence-corrected chi connectivity index (χ2v) is 4.77. The average molecular weight is 232 g/mol. The van der Waals surface area contributed by atoms with E-state index in [1.54, 1.807) is 0 Å². The molecule has 2 heterocycles. The van der Waals surface area contributed by atoms with Gasteiger partial charge in [-0.15, -0.1) is 0 Å². The van der Waals surface area contributed by atoms with E-state index in [9.17, 15) is 5.11 Å². The molecule has 0 unspecified atom stereocenters.